The first-order chi connectivity index (χ1) is 12.1. The van der Waals surface area contributed by atoms with E-state index < -0.39 is 11.5 Å². The predicted octanol–water partition coefficient (Wildman–Crippen LogP) is 2.84. The van der Waals surface area contributed by atoms with Crippen LogP contribution in [0.3, 0.4) is 0 Å². The molecule has 0 aliphatic carbocycles. The molecular formula is C20H26N2O4. The third kappa shape index (κ3) is 3.90. The van der Waals surface area contributed by atoms with E-state index in [4.69, 9.17) is 9.15 Å². The van der Waals surface area contributed by atoms with Crippen LogP contribution in [0.15, 0.2) is 33.5 Å². The van der Waals surface area contributed by atoms with Gasteiger partial charge in [-0.2, -0.15) is 0 Å². The zero-order valence-corrected chi connectivity index (χ0v) is 15.9. The second kappa shape index (κ2) is 6.43. The van der Waals surface area contributed by atoms with E-state index in [1.807, 2.05) is 0 Å². The van der Waals surface area contributed by atoms with Crippen LogP contribution >= 0.6 is 0 Å². The van der Waals surface area contributed by atoms with Crippen LogP contribution in [-0.2, 0) is 0 Å². The fraction of sp³-hybridized carbons (Fsp3) is 0.500. The van der Waals surface area contributed by atoms with E-state index in [2.05, 4.69) is 38.3 Å². The molecule has 1 aromatic carbocycles. The Labute approximate surface area is 152 Å². The van der Waals surface area contributed by atoms with Crippen LogP contribution in [0.1, 0.15) is 50.9 Å². The molecule has 1 aliphatic rings. The van der Waals surface area contributed by atoms with Gasteiger partial charge in [0, 0.05) is 22.5 Å². The molecule has 1 saturated heterocycles. The van der Waals surface area contributed by atoms with Gasteiger partial charge in [-0.3, -0.25) is 4.79 Å². The van der Waals surface area contributed by atoms with Crippen LogP contribution < -0.4 is 21.0 Å². The predicted molar refractivity (Wildman–Crippen MR) is 101 cm³/mol. The highest BCUT2D eigenvalue weighted by Gasteiger charge is 2.38. The minimum Gasteiger partial charge on any atom is -0.497 e. The number of hydrogen-bond acceptors (Lipinski definition) is 5. The first-order valence-corrected chi connectivity index (χ1v) is 8.81. The van der Waals surface area contributed by atoms with Crippen LogP contribution in [0.25, 0.3) is 11.0 Å². The molecule has 1 aromatic heterocycles. The van der Waals surface area contributed by atoms with Crippen LogP contribution in [0.2, 0.25) is 0 Å². The molecule has 0 atom stereocenters. The third-order valence-corrected chi connectivity index (χ3v) is 4.71. The van der Waals surface area contributed by atoms with E-state index in [-0.39, 0.29) is 22.7 Å². The molecule has 0 saturated carbocycles. The van der Waals surface area contributed by atoms with Crippen molar-refractivity contribution in [3.8, 4) is 5.75 Å². The summed E-state index contributed by atoms with van der Waals surface area (Å²) >= 11 is 0. The van der Waals surface area contributed by atoms with Crippen LogP contribution in [-0.4, -0.2) is 30.1 Å². The molecule has 1 aliphatic heterocycles. The van der Waals surface area contributed by atoms with E-state index in [9.17, 15) is 9.59 Å². The Balaban J connectivity index is 1.87. The zero-order valence-electron chi connectivity index (χ0n) is 15.9. The number of nitrogens with one attached hydrogen (secondary N) is 2. The summed E-state index contributed by atoms with van der Waals surface area (Å²) in [6.45, 7) is 8.46. The van der Waals surface area contributed by atoms with E-state index >= 15 is 0 Å². The fourth-order valence-electron chi connectivity index (χ4n) is 4.07. The first kappa shape index (κ1) is 18.5. The monoisotopic (exact) mass is 358 g/mol. The van der Waals surface area contributed by atoms with Crippen molar-refractivity contribution in [3.05, 3.63) is 40.2 Å². The number of amides is 1. The summed E-state index contributed by atoms with van der Waals surface area (Å²) in [4.78, 5) is 25.0. The van der Waals surface area contributed by atoms with Crippen molar-refractivity contribution < 1.29 is 13.9 Å². The lowest BCUT2D eigenvalue weighted by atomic mass is 9.79. The highest BCUT2D eigenvalue weighted by Crippen LogP contribution is 2.28. The molecule has 0 bridgehead atoms. The van der Waals surface area contributed by atoms with Gasteiger partial charge in [0.05, 0.1) is 7.11 Å². The molecule has 3 rings (SSSR count). The number of benzene rings is 1. The van der Waals surface area contributed by atoms with E-state index in [1.165, 1.54) is 0 Å². The Morgan fingerprint density at radius 1 is 1.19 bits per heavy atom. The molecular weight excluding hydrogens is 332 g/mol. The van der Waals surface area contributed by atoms with Crippen molar-refractivity contribution >= 4 is 16.9 Å². The average molecular weight is 358 g/mol. The maximum atomic E-state index is 12.7. The second-order valence-corrected chi connectivity index (χ2v) is 8.32. The first-order valence-electron chi connectivity index (χ1n) is 8.81. The second-order valence-electron chi connectivity index (χ2n) is 8.32. The SMILES string of the molecule is COc1ccc2oc(=O)c(C(=O)NC3CC(C)(C)NC(C)(C)C3)cc2c1. The normalized spacial score (nSPS) is 19.3. The number of piperidine rings is 1. The van der Waals surface area contributed by atoms with Crippen LogP contribution in [0.4, 0.5) is 0 Å². The zero-order chi connectivity index (χ0) is 19.1. The summed E-state index contributed by atoms with van der Waals surface area (Å²) in [5.74, 6) is 0.238. The smallest absolute Gasteiger partial charge is 0.349 e. The van der Waals surface area contributed by atoms with Gasteiger partial charge >= 0.3 is 5.63 Å². The molecule has 0 radical (unpaired) electrons. The van der Waals surface area contributed by atoms with Gasteiger partial charge in [-0.05, 0) is 64.8 Å². The van der Waals surface area contributed by atoms with Crippen molar-refractivity contribution in [2.45, 2.75) is 57.7 Å². The topological polar surface area (TPSA) is 80.6 Å². The molecule has 140 valence electrons. The van der Waals surface area contributed by atoms with Gasteiger partial charge in [0.25, 0.3) is 5.91 Å². The highest BCUT2D eigenvalue weighted by atomic mass is 16.5. The Kier molecular flexibility index (Phi) is 4.56. The lowest BCUT2D eigenvalue weighted by molar-refractivity contribution is 0.0870. The standard InChI is InChI=1S/C20H26N2O4/c1-19(2)10-13(11-20(3,4)22-19)21-17(23)15-9-12-8-14(25-5)6-7-16(12)26-18(15)24/h6-9,13,22H,10-11H2,1-5H3,(H,21,23). The van der Waals surface area contributed by atoms with Crippen molar-refractivity contribution in [2.24, 2.45) is 0 Å². The van der Waals surface area contributed by atoms with Gasteiger partial charge in [-0.25, -0.2) is 4.79 Å². The van der Waals surface area contributed by atoms with Gasteiger partial charge in [0.2, 0.25) is 0 Å². The van der Waals surface area contributed by atoms with Gasteiger partial charge in [0.1, 0.15) is 16.9 Å². The van der Waals surface area contributed by atoms with E-state index in [0.29, 0.717) is 16.7 Å². The minimum absolute atomic E-state index is 0.0138. The maximum absolute atomic E-state index is 12.7. The quantitative estimate of drug-likeness (QED) is 0.825. The highest BCUT2D eigenvalue weighted by molar-refractivity contribution is 5.97. The van der Waals surface area contributed by atoms with Gasteiger partial charge in [-0.15, -0.1) is 0 Å². The van der Waals surface area contributed by atoms with Gasteiger partial charge < -0.3 is 19.8 Å². The Morgan fingerprint density at radius 3 is 2.46 bits per heavy atom. The molecule has 6 heteroatoms. The number of carbonyl (C=O) groups is 1. The van der Waals surface area contributed by atoms with Gasteiger partial charge in [-0.1, -0.05) is 0 Å². The fourth-order valence-corrected chi connectivity index (χ4v) is 4.07. The molecule has 1 fully saturated rings. The minimum atomic E-state index is -0.632. The van der Waals surface area contributed by atoms with Crippen LogP contribution in [0, 0.1) is 0 Å². The van der Waals surface area contributed by atoms with Gasteiger partial charge in [0.15, 0.2) is 0 Å². The van der Waals surface area contributed by atoms with E-state index in [1.54, 1.807) is 31.4 Å². The van der Waals surface area contributed by atoms with Crippen molar-refractivity contribution in [2.75, 3.05) is 7.11 Å². The Hall–Kier alpha value is -2.34. The largest absolute Gasteiger partial charge is 0.497 e. The molecule has 1 amide bonds. The summed E-state index contributed by atoms with van der Waals surface area (Å²) < 4.78 is 10.5. The molecule has 6 nitrogen and oxygen atoms in total. The summed E-state index contributed by atoms with van der Waals surface area (Å²) in [5.41, 5.74) is -0.383. The molecule has 0 spiro atoms. The third-order valence-electron chi connectivity index (χ3n) is 4.71. The number of carbonyl (C=O) groups excluding carboxylic acids is 1. The Morgan fingerprint density at radius 2 is 1.85 bits per heavy atom. The summed E-state index contributed by atoms with van der Waals surface area (Å²) in [5, 5.41) is 7.24. The molecule has 2 N–H and O–H groups in total. The molecule has 26 heavy (non-hydrogen) atoms. The number of hydrogen-bond donors (Lipinski definition) is 2. The summed E-state index contributed by atoms with van der Waals surface area (Å²) in [6, 6.07) is 6.66. The van der Waals surface area contributed by atoms with Crippen molar-refractivity contribution in [1.82, 2.24) is 10.6 Å². The molecule has 2 aromatic rings. The number of methoxy groups -OCH3 is 1. The lowest BCUT2D eigenvalue weighted by Gasteiger charge is -2.46. The molecule has 2 heterocycles. The van der Waals surface area contributed by atoms with Crippen molar-refractivity contribution in [1.29, 1.82) is 0 Å². The van der Waals surface area contributed by atoms with E-state index in [0.717, 1.165) is 12.8 Å². The Bertz CT molecular complexity index is 882. The number of fused-ring (bicyclic) bond motifs is 1. The van der Waals surface area contributed by atoms with Crippen LogP contribution in [0.5, 0.6) is 5.75 Å². The van der Waals surface area contributed by atoms with Crippen molar-refractivity contribution in [3.63, 3.8) is 0 Å². The number of ether oxygens (including phenoxy) is 1. The number of rotatable bonds is 3. The lowest BCUT2D eigenvalue weighted by Crippen LogP contribution is -2.62. The average Bonchev–Trinajstić information content (AvgIpc) is 2.50. The molecule has 0 unspecified atom stereocenters. The maximum Gasteiger partial charge on any atom is 0.349 e. The summed E-state index contributed by atoms with van der Waals surface area (Å²) in [6.07, 6.45) is 1.57. The summed E-state index contributed by atoms with van der Waals surface area (Å²) in [7, 11) is 1.56.